The number of benzene rings is 1. The highest BCUT2D eigenvalue weighted by Crippen LogP contribution is 2.39. The average Bonchev–Trinajstić information content (AvgIpc) is 3.13. The standard InChI is InChI=1S/C15H20ClNO/c16-13-5-3-12(4-6-13)10-15(7-8-15)17-14-2-1-9-18-11-14/h3-6,14,17H,1-2,7-11H2/t14-/m1/s1. The molecule has 0 bridgehead atoms. The Kier molecular flexibility index (Phi) is 3.60. The van der Waals surface area contributed by atoms with Crippen LogP contribution in [0.4, 0.5) is 0 Å². The summed E-state index contributed by atoms with van der Waals surface area (Å²) in [6.45, 7) is 1.81. The summed E-state index contributed by atoms with van der Waals surface area (Å²) in [4.78, 5) is 0. The van der Waals surface area contributed by atoms with E-state index >= 15 is 0 Å². The summed E-state index contributed by atoms with van der Waals surface area (Å²) in [6.07, 6.45) is 6.12. The second-order valence-electron chi connectivity index (χ2n) is 5.64. The van der Waals surface area contributed by atoms with Crippen LogP contribution < -0.4 is 5.32 Å². The highest BCUT2D eigenvalue weighted by Gasteiger charge is 2.43. The van der Waals surface area contributed by atoms with E-state index in [4.69, 9.17) is 16.3 Å². The Balaban J connectivity index is 1.59. The lowest BCUT2D eigenvalue weighted by atomic mass is 10.0. The molecule has 1 aromatic carbocycles. The fraction of sp³-hybridized carbons (Fsp3) is 0.600. The van der Waals surface area contributed by atoms with E-state index < -0.39 is 0 Å². The molecule has 1 saturated heterocycles. The molecule has 1 aliphatic carbocycles. The molecule has 0 radical (unpaired) electrons. The number of hydrogen-bond acceptors (Lipinski definition) is 2. The van der Waals surface area contributed by atoms with Gasteiger partial charge in [-0.1, -0.05) is 23.7 Å². The Morgan fingerprint density at radius 3 is 2.67 bits per heavy atom. The third kappa shape index (κ3) is 3.05. The smallest absolute Gasteiger partial charge is 0.0619 e. The molecule has 0 amide bonds. The molecule has 1 saturated carbocycles. The van der Waals surface area contributed by atoms with Gasteiger partial charge in [-0.15, -0.1) is 0 Å². The maximum atomic E-state index is 5.92. The van der Waals surface area contributed by atoms with Crippen LogP contribution in [0.25, 0.3) is 0 Å². The van der Waals surface area contributed by atoms with E-state index in [1.807, 2.05) is 12.1 Å². The van der Waals surface area contributed by atoms with Crippen molar-refractivity contribution in [3.05, 3.63) is 34.9 Å². The molecule has 1 atom stereocenters. The van der Waals surface area contributed by atoms with Crippen molar-refractivity contribution >= 4 is 11.6 Å². The molecule has 2 aliphatic rings. The fourth-order valence-electron chi connectivity index (χ4n) is 2.80. The topological polar surface area (TPSA) is 21.3 Å². The average molecular weight is 266 g/mol. The van der Waals surface area contributed by atoms with Gasteiger partial charge < -0.3 is 10.1 Å². The predicted molar refractivity (Wildman–Crippen MR) is 74.1 cm³/mol. The van der Waals surface area contributed by atoms with Gasteiger partial charge in [0.2, 0.25) is 0 Å². The number of halogens is 1. The number of ether oxygens (including phenoxy) is 1. The van der Waals surface area contributed by atoms with Gasteiger partial charge in [0, 0.05) is 23.2 Å². The van der Waals surface area contributed by atoms with Crippen molar-refractivity contribution < 1.29 is 4.74 Å². The van der Waals surface area contributed by atoms with E-state index in [0.717, 1.165) is 24.7 Å². The van der Waals surface area contributed by atoms with Crippen molar-refractivity contribution in [2.24, 2.45) is 0 Å². The molecule has 2 nitrogen and oxygen atoms in total. The molecule has 1 N–H and O–H groups in total. The number of hydrogen-bond donors (Lipinski definition) is 1. The first kappa shape index (κ1) is 12.5. The highest BCUT2D eigenvalue weighted by atomic mass is 35.5. The molecule has 98 valence electrons. The summed E-state index contributed by atoms with van der Waals surface area (Å²) in [5, 5.41) is 4.63. The molecule has 18 heavy (non-hydrogen) atoms. The fourth-order valence-corrected chi connectivity index (χ4v) is 2.93. The minimum absolute atomic E-state index is 0.333. The van der Waals surface area contributed by atoms with Gasteiger partial charge in [-0.3, -0.25) is 0 Å². The molecule has 3 rings (SSSR count). The van der Waals surface area contributed by atoms with Gasteiger partial charge in [0.05, 0.1) is 6.61 Å². The molecule has 1 aromatic rings. The maximum Gasteiger partial charge on any atom is 0.0619 e. The van der Waals surface area contributed by atoms with Crippen molar-refractivity contribution in [1.29, 1.82) is 0 Å². The van der Waals surface area contributed by atoms with E-state index in [1.165, 1.54) is 31.2 Å². The van der Waals surface area contributed by atoms with Crippen LogP contribution in [0.5, 0.6) is 0 Å². The van der Waals surface area contributed by atoms with E-state index in [2.05, 4.69) is 17.4 Å². The zero-order valence-corrected chi connectivity index (χ0v) is 11.4. The second-order valence-corrected chi connectivity index (χ2v) is 6.08. The van der Waals surface area contributed by atoms with E-state index in [0.29, 0.717) is 11.6 Å². The zero-order valence-electron chi connectivity index (χ0n) is 10.6. The Morgan fingerprint density at radius 2 is 2.06 bits per heavy atom. The van der Waals surface area contributed by atoms with E-state index in [1.54, 1.807) is 0 Å². The van der Waals surface area contributed by atoms with Crippen molar-refractivity contribution in [2.45, 2.75) is 43.7 Å². The highest BCUT2D eigenvalue weighted by molar-refractivity contribution is 6.30. The summed E-state index contributed by atoms with van der Waals surface area (Å²) in [6, 6.07) is 8.80. The first-order valence-electron chi connectivity index (χ1n) is 6.86. The van der Waals surface area contributed by atoms with Crippen molar-refractivity contribution in [2.75, 3.05) is 13.2 Å². The lowest BCUT2D eigenvalue weighted by Gasteiger charge is -2.28. The Hall–Kier alpha value is -0.570. The van der Waals surface area contributed by atoms with Crippen molar-refractivity contribution in [3.63, 3.8) is 0 Å². The van der Waals surface area contributed by atoms with Gasteiger partial charge >= 0.3 is 0 Å². The number of rotatable bonds is 4. The monoisotopic (exact) mass is 265 g/mol. The van der Waals surface area contributed by atoms with Gasteiger partial charge in [-0.2, -0.15) is 0 Å². The Morgan fingerprint density at radius 1 is 1.28 bits per heavy atom. The van der Waals surface area contributed by atoms with Crippen LogP contribution in [0.15, 0.2) is 24.3 Å². The lowest BCUT2D eigenvalue weighted by molar-refractivity contribution is 0.0649. The van der Waals surface area contributed by atoms with Gasteiger partial charge in [0.1, 0.15) is 0 Å². The SMILES string of the molecule is Clc1ccc(CC2(N[C@@H]3CCCOC3)CC2)cc1. The van der Waals surface area contributed by atoms with Gasteiger partial charge in [-0.05, 0) is 49.8 Å². The van der Waals surface area contributed by atoms with E-state index in [-0.39, 0.29) is 0 Å². The van der Waals surface area contributed by atoms with Crippen LogP contribution in [0.1, 0.15) is 31.2 Å². The predicted octanol–water partition coefficient (Wildman–Crippen LogP) is 3.18. The number of nitrogens with one attached hydrogen (secondary N) is 1. The van der Waals surface area contributed by atoms with Crippen LogP contribution in [0.2, 0.25) is 5.02 Å². The first-order chi connectivity index (χ1) is 8.76. The Bertz CT molecular complexity index is 393. The maximum absolute atomic E-state index is 5.92. The molecular weight excluding hydrogens is 246 g/mol. The van der Waals surface area contributed by atoms with Crippen molar-refractivity contribution in [1.82, 2.24) is 5.32 Å². The summed E-state index contributed by atoms with van der Waals surface area (Å²) >= 11 is 5.92. The molecule has 2 fully saturated rings. The zero-order chi connectivity index (χ0) is 12.4. The third-order valence-electron chi connectivity index (χ3n) is 3.98. The van der Waals surface area contributed by atoms with Crippen LogP contribution in [0.3, 0.4) is 0 Å². The molecular formula is C15H20ClNO. The van der Waals surface area contributed by atoms with Crippen LogP contribution >= 0.6 is 11.6 Å². The molecule has 3 heteroatoms. The first-order valence-corrected chi connectivity index (χ1v) is 7.24. The summed E-state index contributed by atoms with van der Waals surface area (Å²) in [7, 11) is 0. The molecule has 1 heterocycles. The minimum Gasteiger partial charge on any atom is -0.380 e. The second kappa shape index (κ2) is 5.20. The van der Waals surface area contributed by atoms with Gasteiger partial charge in [0.25, 0.3) is 0 Å². The van der Waals surface area contributed by atoms with E-state index in [9.17, 15) is 0 Å². The summed E-state index contributed by atoms with van der Waals surface area (Å²) < 4.78 is 5.54. The van der Waals surface area contributed by atoms with Gasteiger partial charge in [-0.25, -0.2) is 0 Å². The molecule has 1 aliphatic heterocycles. The van der Waals surface area contributed by atoms with Crippen LogP contribution in [-0.4, -0.2) is 24.8 Å². The lowest BCUT2D eigenvalue weighted by Crippen LogP contribution is -2.45. The third-order valence-corrected chi connectivity index (χ3v) is 4.23. The van der Waals surface area contributed by atoms with Crippen LogP contribution in [-0.2, 0) is 11.2 Å². The molecule has 0 aromatic heterocycles. The largest absolute Gasteiger partial charge is 0.380 e. The molecule has 0 unspecified atom stereocenters. The summed E-state index contributed by atoms with van der Waals surface area (Å²) in [5.74, 6) is 0. The summed E-state index contributed by atoms with van der Waals surface area (Å²) in [5.41, 5.74) is 1.71. The van der Waals surface area contributed by atoms with Crippen LogP contribution in [0, 0.1) is 0 Å². The molecule has 0 spiro atoms. The minimum atomic E-state index is 0.333. The van der Waals surface area contributed by atoms with Crippen molar-refractivity contribution in [3.8, 4) is 0 Å². The quantitative estimate of drug-likeness (QED) is 0.903. The normalized spacial score (nSPS) is 25.9. The van der Waals surface area contributed by atoms with Gasteiger partial charge in [0.15, 0.2) is 0 Å². The Labute approximate surface area is 114 Å².